The molecule has 3 aliphatic rings. The SMILES string of the molecule is COC1CCC([C@H](CC(=O)O)NC(=O)C(CC(=O)NC2CCC(NC(=O)C3CCCCC3)CC2)CC(C)C)CC1OC. The van der Waals surface area contributed by atoms with E-state index in [1.165, 1.54) is 6.42 Å². The van der Waals surface area contributed by atoms with E-state index in [-0.39, 0.29) is 72.6 Å². The molecule has 3 aliphatic carbocycles. The first-order valence-corrected chi connectivity index (χ1v) is 16.3. The maximum atomic E-state index is 13.5. The lowest BCUT2D eigenvalue weighted by molar-refractivity contribution is -0.139. The lowest BCUT2D eigenvalue weighted by atomic mass is 9.79. The number of carboxylic acid groups (broad SMARTS) is 1. The van der Waals surface area contributed by atoms with Crippen molar-refractivity contribution in [3.8, 4) is 0 Å². The van der Waals surface area contributed by atoms with Gasteiger partial charge < -0.3 is 30.5 Å². The summed E-state index contributed by atoms with van der Waals surface area (Å²) in [5.74, 6) is -1.43. The van der Waals surface area contributed by atoms with Crippen LogP contribution in [-0.4, -0.2) is 73.4 Å². The quantitative estimate of drug-likeness (QED) is 0.239. The molecule has 3 fully saturated rings. The summed E-state index contributed by atoms with van der Waals surface area (Å²) in [4.78, 5) is 51.0. The number of hydrogen-bond acceptors (Lipinski definition) is 6. The van der Waals surface area contributed by atoms with Gasteiger partial charge in [0, 0.05) is 50.6 Å². The minimum atomic E-state index is -0.966. The molecular weight excluding hydrogens is 538 g/mol. The predicted molar refractivity (Wildman–Crippen MR) is 160 cm³/mol. The Kier molecular flexibility index (Phi) is 14.0. The van der Waals surface area contributed by atoms with E-state index in [1.807, 2.05) is 13.8 Å². The Bertz CT molecular complexity index is 883. The summed E-state index contributed by atoms with van der Waals surface area (Å²) in [6.07, 6.45) is 11.0. The number of rotatable bonds is 14. The van der Waals surface area contributed by atoms with Crippen LogP contribution in [0.4, 0.5) is 0 Å². The standard InChI is InChI=1S/C32H55N3O7/c1-20(2)16-23(32(40)35-26(19-30(37)38)22-10-15-27(41-3)28(17-22)42-4)18-29(36)33-24-11-13-25(14-12-24)34-31(39)21-8-6-5-7-9-21/h20-28H,5-19H2,1-4H3,(H,33,36)(H,34,39)(H,35,40)(H,37,38)/t22?,23?,24?,25?,26-,27?,28?/m0/s1. The predicted octanol–water partition coefficient (Wildman–Crippen LogP) is 3.95. The van der Waals surface area contributed by atoms with E-state index < -0.39 is 17.9 Å². The van der Waals surface area contributed by atoms with Crippen LogP contribution in [0.25, 0.3) is 0 Å². The first-order valence-electron chi connectivity index (χ1n) is 16.3. The molecule has 42 heavy (non-hydrogen) atoms. The van der Waals surface area contributed by atoms with Gasteiger partial charge in [0.2, 0.25) is 17.7 Å². The molecule has 0 aromatic carbocycles. The molecule has 3 rings (SSSR count). The highest BCUT2D eigenvalue weighted by Gasteiger charge is 2.37. The molecule has 3 saturated carbocycles. The second-order valence-electron chi connectivity index (χ2n) is 13.3. The minimum absolute atomic E-state index is 0.0322. The van der Waals surface area contributed by atoms with Gasteiger partial charge in [-0.1, -0.05) is 33.1 Å². The molecule has 0 aromatic rings. The van der Waals surface area contributed by atoms with Crippen molar-refractivity contribution in [1.29, 1.82) is 0 Å². The second kappa shape index (κ2) is 17.2. The first-order chi connectivity index (χ1) is 20.1. The van der Waals surface area contributed by atoms with Gasteiger partial charge in [0.15, 0.2) is 0 Å². The summed E-state index contributed by atoms with van der Waals surface area (Å²) in [5, 5.41) is 19.0. The number of nitrogens with one attached hydrogen (secondary N) is 3. The van der Waals surface area contributed by atoms with E-state index in [1.54, 1.807) is 14.2 Å². The van der Waals surface area contributed by atoms with Gasteiger partial charge in [-0.3, -0.25) is 19.2 Å². The molecule has 0 saturated heterocycles. The smallest absolute Gasteiger partial charge is 0.305 e. The molecule has 0 bridgehead atoms. The molecule has 4 unspecified atom stereocenters. The maximum absolute atomic E-state index is 13.5. The molecule has 0 aromatic heterocycles. The molecule has 10 heteroatoms. The van der Waals surface area contributed by atoms with Crippen molar-refractivity contribution in [1.82, 2.24) is 16.0 Å². The lowest BCUT2D eigenvalue weighted by Crippen LogP contribution is -2.49. The van der Waals surface area contributed by atoms with Gasteiger partial charge in [0.25, 0.3) is 0 Å². The van der Waals surface area contributed by atoms with Crippen LogP contribution in [0.5, 0.6) is 0 Å². The third-order valence-electron chi connectivity index (χ3n) is 9.64. The van der Waals surface area contributed by atoms with Gasteiger partial charge in [-0.2, -0.15) is 0 Å². The van der Waals surface area contributed by atoms with E-state index in [4.69, 9.17) is 9.47 Å². The van der Waals surface area contributed by atoms with Crippen molar-refractivity contribution in [3.63, 3.8) is 0 Å². The van der Waals surface area contributed by atoms with Crippen LogP contribution in [0.15, 0.2) is 0 Å². The third kappa shape index (κ3) is 10.8. The van der Waals surface area contributed by atoms with Gasteiger partial charge in [-0.25, -0.2) is 0 Å². The molecule has 0 aliphatic heterocycles. The average Bonchev–Trinajstić information content (AvgIpc) is 2.97. The lowest BCUT2D eigenvalue weighted by Gasteiger charge is -2.38. The minimum Gasteiger partial charge on any atom is -0.481 e. The number of carbonyl (C=O) groups is 4. The molecule has 0 radical (unpaired) electrons. The van der Waals surface area contributed by atoms with Crippen LogP contribution in [0.3, 0.4) is 0 Å². The Morgan fingerprint density at radius 3 is 1.98 bits per heavy atom. The second-order valence-corrected chi connectivity index (χ2v) is 13.3. The zero-order chi connectivity index (χ0) is 30.6. The van der Waals surface area contributed by atoms with E-state index in [0.717, 1.165) is 64.2 Å². The zero-order valence-corrected chi connectivity index (χ0v) is 26.2. The van der Waals surface area contributed by atoms with Crippen molar-refractivity contribution in [2.75, 3.05) is 14.2 Å². The topological polar surface area (TPSA) is 143 Å². The number of carboxylic acids is 1. The van der Waals surface area contributed by atoms with Gasteiger partial charge in [0.05, 0.1) is 18.6 Å². The van der Waals surface area contributed by atoms with Crippen LogP contribution in [-0.2, 0) is 28.7 Å². The van der Waals surface area contributed by atoms with Gasteiger partial charge in [-0.15, -0.1) is 0 Å². The Balaban J connectivity index is 1.51. The molecule has 0 heterocycles. The van der Waals surface area contributed by atoms with Crippen LogP contribution in [0.1, 0.15) is 110 Å². The first kappa shape index (κ1) is 34.3. The molecule has 3 amide bonds. The Morgan fingerprint density at radius 1 is 0.786 bits per heavy atom. The average molecular weight is 594 g/mol. The summed E-state index contributed by atoms with van der Waals surface area (Å²) >= 11 is 0. The molecule has 0 spiro atoms. The zero-order valence-electron chi connectivity index (χ0n) is 26.2. The van der Waals surface area contributed by atoms with Crippen LogP contribution >= 0.6 is 0 Å². The normalized spacial score (nSPS) is 28.5. The largest absolute Gasteiger partial charge is 0.481 e. The number of ether oxygens (including phenoxy) is 2. The van der Waals surface area contributed by atoms with Crippen molar-refractivity contribution < 1.29 is 33.8 Å². The monoisotopic (exact) mass is 593 g/mol. The van der Waals surface area contributed by atoms with Gasteiger partial charge >= 0.3 is 5.97 Å². The maximum Gasteiger partial charge on any atom is 0.305 e. The number of carbonyl (C=O) groups excluding carboxylic acids is 3. The molecule has 5 atom stereocenters. The summed E-state index contributed by atoms with van der Waals surface area (Å²) in [7, 11) is 3.28. The summed E-state index contributed by atoms with van der Waals surface area (Å²) in [5.41, 5.74) is 0. The Hall–Kier alpha value is -2.20. The molecule has 10 nitrogen and oxygen atoms in total. The van der Waals surface area contributed by atoms with Gasteiger partial charge in [0.1, 0.15) is 0 Å². The molecule has 240 valence electrons. The van der Waals surface area contributed by atoms with Crippen molar-refractivity contribution in [3.05, 3.63) is 0 Å². The fourth-order valence-corrected chi connectivity index (χ4v) is 7.27. The third-order valence-corrected chi connectivity index (χ3v) is 9.64. The number of methoxy groups -OCH3 is 2. The number of aliphatic carboxylic acids is 1. The fraction of sp³-hybridized carbons (Fsp3) is 0.875. The number of amides is 3. The van der Waals surface area contributed by atoms with Crippen molar-refractivity contribution >= 4 is 23.7 Å². The Labute approximate surface area is 251 Å². The number of hydrogen-bond donors (Lipinski definition) is 4. The fourth-order valence-electron chi connectivity index (χ4n) is 7.27. The summed E-state index contributed by atoms with van der Waals surface area (Å²) in [6, 6.07) is -0.345. The van der Waals surface area contributed by atoms with E-state index in [0.29, 0.717) is 12.8 Å². The highest BCUT2D eigenvalue weighted by Crippen LogP contribution is 2.32. The summed E-state index contributed by atoms with van der Waals surface area (Å²) in [6.45, 7) is 4.04. The molecular formula is C32H55N3O7. The summed E-state index contributed by atoms with van der Waals surface area (Å²) < 4.78 is 11.1. The highest BCUT2D eigenvalue weighted by atomic mass is 16.5. The van der Waals surface area contributed by atoms with Crippen LogP contribution in [0.2, 0.25) is 0 Å². The van der Waals surface area contributed by atoms with Crippen LogP contribution in [0, 0.1) is 23.7 Å². The van der Waals surface area contributed by atoms with Crippen molar-refractivity contribution in [2.24, 2.45) is 23.7 Å². The van der Waals surface area contributed by atoms with Gasteiger partial charge in [-0.05, 0) is 76.0 Å². The van der Waals surface area contributed by atoms with E-state index >= 15 is 0 Å². The van der Waals surface area contributed by atoms with Crippen molar-refractivity contribution in [2.45, 2.75) is 140 Å². The van der Waals surface area contributed by atoms with E-state index in [2.05, 4.69) is 16.0 Å². The highest BCUT2D eigenvalue weighted by molar-refractivity contribution is 5.86. The Morgan fingerprint density at radius 2 is 1.40 bits per heavy atom. The van der Waals surface area contributed by atoms with E-state index in [9.17, 15) is 24.3 Å². The van der Waals surface area contributed by atoms with Crippen LogP contribution < -0.4 is 16.0 Å². The molecule has 4 N–H and O–H groups in total.